The van der Waals surface area contributed by atoms with Crippen molar-refractivity contribution >= 4 is 51.6 Å². The maximum absolute atomic E-state index is 6.30. The van der Waals surface area contributed by atoms with E-state index in [9.17, 15) is 0 Å². The summed E-state index contributed by atoms with van der Waals surface area (Å²) >= 11 is 8.55. The molecular formula is C16H16ClIN4. The molecule has 1 aromatic carbocycles. The zero-order valence-electron chi connectivity index (χ0n) is 11.9. The van der Waals surface area contributed by atoms with Crippen LogP contribution in [0.15, 0.2) is 24.3 Å². The summed E-state index contributed by atoms with van der Waals surface area (Å²) < 4.78 is 1.12. The normalized spacial score (nSPS) is 17.4. The van der Waals surface area contributed by atoms with Crippen LogP contribution in [0, 0.1) is 3.57 Å². The molecule has 0 bridgehead atoms. The highest BCUT2D eigenvalue weighted by molar-refractivity contribution is 14.1. The fraction of sp³-hybridized carbons (Fsp3) is 0.375. The first kappa shape index (κ1) is 14.5. The molecule has 4 rings (SSSR count). The Balaban J connectivity index is 1.62. The summed E-state index contributed by atoms with van der Waals surface area (Å²) in [5.74, 6) is 2.13. The van der Waals surface area contributed by atoms with Gasteiger partial charge in [0.15, 0.2) is 0 Å². The molecule has 0 radical (unpaired) electrons. The summed E-state index contributed by atoms with van der Waals surface area (Å²) in [5, 5.41) is 7.43. The number of rotatable bonds is 5. The molecule has 2 N–H and O–H groups in total. The van der Waals surface area contributed by atoms with E-state index in [-0.39, 0.29) is 0 Å². The fourth-order valence-electron chi connectivity index (χ4n) is 2.32. The number of aromatic nitrogens is 2. The van der Waals surface area contributed by atoms with Gasteiger partial charge in [-0.2, -0.15) is 4.98 Å². The van der Waals surface area contributed by atoms with E-state index in [1.165, 1.54) is 25.7 Å². The summed E-state index contributed by atoms with van der Waals surface area (Å²) in [6.45, 7) is 0. The van der Waals surface area contributed by atoms with Gasteiger partial charge in [-0.25, -0.2) is 4.98 Å². The second-order valence-electron chi connectivity index (χ2n) is 5.94. The predicted molar refractivity (Wildman–Crippen MR) is 98.1 cm³/mol. The van der Waals surface area contributed by atoms with Crippen molar-refractivity contribution < 1.29 is 0 Å². The third kappa shape index (κ3) is 3.46. The van der Waals surface area contributed by atoms with Gasteiger partial charge in [-0.3, -0.25) is 0 Å². The van der Waals surface area contributed by atoms with Crippen LogP contribution in [-0.4, -0.2) is 16.0 Å². The highest BCUT2D eigenvalue weighted by Crippen LogP contribution is 2.40. The molecule has 1 heterocycles. The van der Waals surface area contributed by atoms with Crippen LogP contribution in [0.5, 0.6) is 0 Å². The standard InChI is InChI=1S/C16H16ClIN4/c17-12-7-10(18)3-6-13(12)20-15-8-14(9-1-2-9)21-16(22-15)19-11-4-5-11/h3,6-9,11H,1-2,4-5H2,(H2,19,20,21,22). The molecule has 1 aromatic heterocycles. The van der Waals surface area contributed by atoms with Gasteiger partial charge in [0.2, 0.25) is 5.95 Å². The maximum Gasteiger partial charge on any atom is 0.225 e. The molecule has 0 atom stereocenters. The van der Waals surface area contributed by atoms with Gasteiger partial charge in [-0.1, -0.05) is 11.6 Å². The lowest BCUT2D eigenvalue weighted by molar-refractivity contribution is 0.968. The Morgan fingerprint density at radius 2 is 1.91 bits per heavy atom. The van der Waals surface area contributed by atoms with Gasteiger partial charge < -0.3 is 10.6 Å². The average molecular weight is 427 g/mol. The van der Waals surface area contributed by atoms with Crippen LogP contribution in [0.1, 0.15) is 37.3 Å². The molecule has 2 aliphatic carbocycles. The quantitative estimate of drug-likeness (QED) is 0.666. The number of nitrogens with one attached hydrogen (secondary N) is 2. The van der Waals surface area contributed by atoms with Crippen molar-refractivity contribution in [1.29, 1.82) is 0 Å². The van der Waals surface area contributed by atoms with Crippen LogP contribution >= 0.6 is 34.2 Å². The van der Waals surface area contributed by atoms with E-state index in [2.05, 4.69) is 43.2 Å². The van der Waals surface area contributed by atoms with E-state index in [1.54, 1.807) is 0 Å². The Morgan fingerprint density at radius 3 is 2.59 bits per heavy atom. The highest BCUT2D eigenvalue weighted by Gasteiger charge is 2.28. The van der Waals surface area contributed by atoms with Crippen molar-refractivity contribution in [3.63, 3.8) is 0 Å². The van der Waals surface area contributed by atoms with Crippen molar-refractivity contribution in [2.45, 2.75) is 37.6 Å². The lowest BCUT2D eigenvalue weighted by Crippen LogP contribution is -2.08. The Kier molecular flexibility index (Phi) is 3.86. The van der Waals surface area contributed by atoms with Crippen molar-refractivity contribution in [2.24, 2.45) is 0 Å². The van der Waals surface area contributed by atoms with Gasteiger partial charge in [0, 0.05) is 21.6 Å². The topological polar surface area (TPSA) is 49.8 Å². The molecule has 0 unspecified atom stereocenters. The molecule has 114 valence electrons. The van der Waals surface area contributed by atoms with E-state index < -0.39 is 0 Å². The van der Waals surface area contributed by atoms with Crippen molar-refractivity contribution in [3.8, 4) is 0 Å². The van der Waals surface area contributed by atoms with Gasteiger partial charge in [0.1, 0.15) is 5.82 Å². The number of benzene rings is 1. The lowest BCUT2D eigenvalue weighted by Gasteiger charge is -2.12. The summed E-state index contributed by atoms with van der Waals surface area (Å²) in [6.07, 6.45) is 4.87. The lowest BCUT2D eigenvalue weighted by atomic mass is 10.2. The van der Waals surface area contributed by atoms with Gasteiger partial charge in [0.05, 0.1) is 16.4 Å². The Bertz CT molecular complexity index is 713. The van der Waals surface area contributed by atoms with Crippen LogP contribution in [-0.2, 0) is 0 Å². The third-order valence-electron chi connectivity index (χ3n) is 3.85. The molecule has 6 heteroatoms. The molecule has 4 nitrogen and oxygen atoms in total. The van der Waals surface area contributed by atoms with Gasteiger partial charge >= 0.3 is 0 Å². The summed E-state index contributed by atoms with van der Waals surface area (Å²) in [7, 11) is 0. The molecule has 2 saturated carbocycles. The van der Waals surface area contributed by atoms with Crippen LogP contribution < -0.4 is 10.6 Å². The van der Waals surface area contributed by atoms with Gasteiger partial charge in [0.25, 0.3) is 0 Å². The van der Waals surface area contributed by atoms with E-state index in [0.29, 0.717) is 17.0 Å². The zero-order valence-corrected chi connectivity index (χ0v) is 14.9. The molecule has 2 fully saturated rings. The fourth-order valence-corrected chi connectivity index (χ4v) is 3.22. The third-order valence-corrected chi connectivity index (χ3v) is 4.83. The van der Waals surface area contributed by atoms with Crippen LogP contribution in [0.4, 0.5) is 17.5 Å². The Hall–Kier alpha value is -1.08. The second kappa shape index (κ2) is 5.85. The van der Waals surface area contributed by atoms with Crippen molar-refractivity contribution in [2.75, 3.05) is 10.6 Å². The molecule has 0 spiro atoms. The number of anilines is 3. The maximum atomic E-state index is 6.30. The smallest absolute Gasteiger partial charge is 0.225 e. The molecule has 0 saturated heterocycles. The van der Waals surface area contributed by atoms with E-state index in [4.69, 9.17) is 11.6 Å². The molecule has 2 aliphatic rings. The minimum Gasteiger partial charge on any atom is -0.351 e. The van der Waals surface area contributed by atoms with Gasteiger partial charge in [-0.15, -0.1) is 0 Å². The van der Waals surface area contributed by atoms with Crippen LogP contribution in [0.2, 0.25) is 5.02 Å². The SMILES string of the molecule is Clc1cc(I)ccc1Nc1cc(C2CC2)nc(NC2CC2)n1. The minimum atomic E-state index is 0.546. The molecule has 22 heavy (non-hydrogen) atoms. The monoisotopic (exact) mass is 426 g/mol. The number of nitrogens with zero attached hydrogens (tertiary/aromatic N) is 2. The summed E-state index contributed by atoms with van der Waals surface area (Å²) in [6, 6.07) is 8.54. The first-order valence-electron chi connectivity index (χ1n) is 7.55. The molecular weight excluding hydrogens is 411 g/mol. The second-order valence-corrected chi connectivity index (χ2v) is 7.60. The average Bonchev–Trinajstić information content (AvgIpc) is 3.35. The zero-order chi connectivity index (χ0) is 15.1. The highest BCUT2D eigenvalue weighted by atomic mass is 127. The van der Waals surface area contributed by atoms with E-state index >= 15 is 0 Å². The number of hydrogen-bond acceptors (Lipinski definition) is 4. The number of halogens is 2. The first-order chi connectivity index (χ1) is 10.7. The predicted octanol–water partition coefficient (Wildman–Crippen LogP) is 4.93. The molecule has 0 aliphatic heterocycles. The molecule has 2 aromatic rings. The van der Waals surface area contributed by atoms with Crippen molar-refractivity contribution in [1.82, 2.24) is 9.97 Å². The minimum absolute atomic E-state index is 0.546. The number of hydrogen-bond donors (Lipinski definition) is 2. The van der Waals surface area contributed by atoms with E-state index in [0.717, 1.165) is 26.7 Å². The van der Waals surface area contributed by atoms with Crippen LogP contribution in [0.3, 0.4) is 0 Å². The Labute approximate surface area is 148 Å². The summed E-state index contributed by atoms with van der Waals surface area (Å²) in [4.78, 5) is 9.25. The van der Waals surface area contributed by atoms with Crippen LogP contribution in [0.25, 0.3) is 0 Å². The summed E-state index contributed by atoms with van der Waals surface area (Å²) in [5.41, 5.74) is 2.00. The van der Waals surface area contributed by atoms with Crippen molar-refractivity contribution in [3.05, 3.63) is 38.6 Å². The van der Waals surface area contributed by atoms with E-state index in [1.807, 2.05) is 24.3 Å². The largest absolute Gasteiger partial charge is 0.351 e. The molecule has 0 amide bonds. The Morgan fingerprint density at radius 1 is 1.09 bits per heavy atom. The van der Waals surface area contributed by atoms with Gasteiger partial charge in [-0.05, 0) is 66.5 Å². The first-order valence-corrected chi connectivity index (χ1v) is 9.00.